The van der Waals surface area contributed by atoms with Crippen molar-refractivity contribution in [2.24, 2.45) is 5.73 Å². The van der Waals surface area contributed by atoms with Crippen molar-refractivity contribution >= 4 is 5.91 Å². The Morgan fingerprint density at radius 2 is 1.95 bits per heavy atom. The van der Waals surface area contributed by atoms with Crippen molar-refractivity contribution in [3.05, 3.63) is 59.0 Å². The second kappa shape index (κ2) is 6.39. The summed E-state index contributed by atoms with van der Waals surface area (Å²) in [4.78, 5) is 12.0. The average molecular weight is 272 g/mol. The maximum atomic E-state index is 12.0. The van der Waals surface area contributed by atoms with Crippen molar-refractivity contribution in [2.45, 2.75) is 32.9 Å². The van der Waals surface area contributed by atoms with E-state index in [1.54, 1.807) is 12.1 Å². The summed E-state index contributed by atoms with van der Waals surface area (Å²) in [6.45, 7) is 4.36. The van der Waals surface area contributed by atoms with E-state index in [2.05, 4.69) is 24.4 Å². The Balaban J connectivity index is 2.02. The maximum absolute atomic E-state index is 12.0. The van der Waals surface area contributed by atoms with Gasteiger partial charge in [-0.25, -0.2) is 0 Å². The highest BCUT2D eigenvalue weighted by Gasteiger charge is 2.14. The molecule has 20 heavy (non-hydrogen) atoms. The quantitative estimate of drug-likeness (QED) is 0.879. The molecule has 0 bridgehead atoms. The minimum absolute atomic E-state index is 0.0696. The number of carbonyl (C=O) groups is 1. The Hall–Kier alpha value is -2.07. The van der Waals surface area contributed by atoms with Gasteiger partial charge in [0.15, 0.2) is 5.76 Å². The first-order chi connectivity index (χ1) is 9.63. The summed E-state index contributed by atoms with van der Waals surface area (Å²) in [5, 5.41) is 2.91. The van der Waals surface area contributed by atoms with E-state index in [9.17, 15) is 4.79 Å². The van der Waals surface area contributed by atoms with Crippen LogP contribution in [0, 0.1) is 0 Å². The van der Waals surface area contributed by atoms with E-state index in [0.717, 1.165) is 12.0 Å². The lowest BCUT2D eigenvalue weighted by Gasteiger charge is -2.13. The van der Waals surface area contributed by atoms with Gasteiger partial charge in [-0.1, -0.05) is 31.2 Å². The van der Waals surface area contributed by atoms with Gasteiger partial charge in [-0.15, -0.1) is 0 Å². The molecule has 0 aliphatic heterocycles. The summed E-state index contributed by atoms with van der Waals surface area (Å²) in [5.74, 6) is 0.675. The molecule has 1 aromatic carbocycles. The lowest BCUT2D eigenvalue weighted by atomic mass is 10.0. The van der Waals surface area contributed by atoms with Crippen molar-refractivity contribution < 1.29 is 9.21 Å². The summed E-state index contributed by atoms with van der Waals surface area (Å²) in [5.41, 5.74) is 7.81. The number of aryl methyl sites for hydroxylation is 1. The van der Waals surface area contributed by atoms with Gasteiger partial charge in [-0.05, 0) is 36.6 Å². The van der Waals surface area contributed by atoms with Crippen LogP contribution in [0.25, 0.3) is 0 Å². The molecule has 0 aliphatic carbocycles. The van der Waals surface area contributed by atoms with Gasteiger partial charge in [0.25, 0.3) is 5.91 Å². The van der Waals surface area contributed by atoms with Crippen LogP contribution in [0.5, 0.6) is 0 Å². The molecule has 1 heterocycles. The first kappa shape index (κ1) is 14.3. The summed E-state index contributed by atoms with van der Waals surface area (Å²) >= 11 is 0. The van der Waals surface area contributed by atoms with E-state index in [1.165, 1.54) is 5.56 Å². The fourth-order valence-electron chi connectivity index (χ4n) is 2.00. The fourth-order valence-corrected chi connectivity index (χ4v) is 2.00. The molecular weight excluding hydrogens is 252 g/mol. The zero-order valence-electron chi connectivity index (χ0n) is 11.8. The molecule has 4 nitrogen and oxygen atoms in total. The van der Waals surface area contributed by atoms with Gasteiger partial charge in [-0.2, -0.15) is 0 Å². The largest absolute Gasteiger partial charge is 0.455 e. The Labute approximate surface area is 119 Å². The van der Waals surface area contributed by atoms with Gasteiger partial charge >= 0.3 is 0 Å². The zero-order valence-corrected chi connectivity index (χ0v) is 11.8. The first-order valence-electron chi connectivity index (χ1n) is 6.82. The minimum atomic E-state index is -0.225. The maximum Gasteiger partial charge on any atom is 0.287 e. The number of nitrogens with two attached hydrogens (primary N) is 1. The standard InChI is InChI=1S/C16H20N2O2/c1-3-12-4-6-13(7-5-12)11(2)18-16(19)15-9-8-14(10-17)20-15/h4-9,11H,3,10,17H2,1-2H3,(H,18,19). The van der Waals surface area contributed by atoms with Gasteiger partial charge in [0.05, 0.1) is 12.6 Å². The molecule has 0 saturated heterocycles. The minimum Gasteiger partial charge on any atom is -0.455 e. The normalized spacial score (nSPS) is 12.2. The second-order valence-corrected chi connectivity index (χ2v) is 4.76. The molecule has 1 amide bonds. The van der Waals surface area contributed by atoms with Crippen LogP contribution in [-0.4, -0.2) is 5.91 Å². The third kappa shape index (κ3) is 3.27. The number of hydrogen-bond acceptors (Lipinski definition) is 3. The first-order valence-corrected chi connectivity index (χ1v) is 6.82. The lowest BCUT2D eigenvalue weighted by molar-refractivity contribution is 0.0910. The predicted molar refractivity (Wildman–Crippen MR) is 78.3 cm³/mol. The highest BCUT2D eigenvalue weighted by molar-refractivity contribution is 5.91. The van der Waals surface area contributed by atoms with E-state index in [-0.39, 0.29) is 11.9 Å². The highest BCUT2D eigenvalue weighted by Crippen LogP contribution is 2.15. The number of carbonyl (C=O) groups excluding carboxylic acids is 1. The Morgan fingerprint density at radius 1 is 1.25 bits per heavy atom. The Kier molecular flexibility index (Phi) is 4.58. The molecule has 4 heteroatoms. The molecule has 3 N–H and O–H groups in total. The van der Waals surface area contributed by atoms with Gasteiger partial charge in [0.1, 0.15) is 5.76 Å². The SMILES string of the molecule is CCc1ccc(C(C)NC(=O)c2ccc(CN)o2)cc1. The van der Waals surface area contributed by atoms with Crippen LogP contribution in [0.15, 0.2) is 40.8 Å². The van der Waals surface area contributed by atoms with Crippen molar-refractivity contribution in [1.82, 2.24) is 5.32 Å². The molecular formula is C16H20N2O2. The number of benzene rings is 1. The van der Waals surface area contributed by atoms with Crippen molar-refractivity contribution in [1.29, 1.82) is 0 Å². The number of amides is 1. The molecule has 0 fully saturated rings. The number of furan rings is 1. The van der Waals surface area contributed by atoms with Crippen LogP contribution in [0.2, 0.25) is 0 Å². The zero-order chi connectivity index (χ0) is 14.5. The van der Waals surface area contributed by atoms with Gasteiger partial charge in [0.2, 0.25) is 0 Å². The molecule has 0 spiro atoms. The number of hydrogen-bond donors (Lipinski definition) is 2. The summed E-state index contributed by atoms with van der Waals surface area (Å²) in [6, 6.07) is 11.5. The van der Waals surface area contributed by atoms with E-state index in [0.29, 0.717) is 18.1 Å². The molecule has 1 atom stereocenters. The van der Waals surface area contributed by atoms with E-state index in [1.807, 2.05) is 19.1 Å². The van der Waals surface area contributed by atoms with Crippen LogP contribution in [0.1, 0.15) is 47.3 Å². The van der Waals surface area contributed by atoms with Crippen LogP contribution >= 0.6 is 0 Å². The average Bonchev–Trinajstić information content (AvgIpc) is 2.96. The van der Waals surface area contributed by atoms with Crippen LogP contribution < -0.4 is 11.1 Å². The van der Waals surface area contributed by atoms with Crippen LogP contribution in [0.4, 0.5) is 0 Å². The van der Waals surface area contributed by atoms with Gasteiger partial charge in [-0.3, -0.25) is 4.79 Å². The van der Waals surface area contributed by atoms with Crippen LogP contribution in [-0.2, 0) is 13.0 Å². The third-order valence-corrected chi connectivity index (χ3v) is 3.32. The second-order valence-electron chi connectivity index (χ2n) is 4.76. The topological polar surface area (TPSA) is 68.3 Å². The van der Waals surface area contributed by atoms with Gasteiger partial charge in [0, 0.05) is 0 Å². The lowest BCUT2D eigenvalue weighted by Crippen LogP contribution is -2.26. The van der Waals surface area contributed by atoms with Crippen molar-refractivity contribution in [3.8, 4) is 0 Å². The van der Waals surface area contributed by atoms with E-state index >= 15 is 0 Å². The van der Waals surface area contributed by atoms with Crippen molar-refractivity contribution in [3.63, 3.8) is 0 Å². The Bertz CT molecular complexity index is 572. The summed E-state index contributed by atoms with van der Waals surface area (Å²) in [6.07, 6.45) is 1.01. The van der Waals surface area contributed by atoms with Gasteiger partial charge < -0.3 is 15.5 Å². The van der Waals surface area contributed by atoms with E-state index in [4.69, 9.17) is 10.2 Å². The fraction of sp³-hybridized carbons (Fsp3) is 0.312. The predicted octanol–water partition coefficient (Wildman–Crippen LogP) is 2.79. The molecule has 0 radical (unpaired) electrons. The van der Waals surface area contributed by atoms with E-state index < -0.39 is 0 Å². The summed E-state index contributed by atoms with van der Waals surface area (Å²) < 4.78 is 5.33. The highest BCUT2D eigenvalue weighted by atomic mass is 16.4. The molecule has 106 valence electrons. The number of nitrogens with one attached hydrogen (secondary N) is 1. The number of rotatable bonds is 5. The molecule has 1 unspecified atom stereocenters. The monoisotopic (exact) mass is 272 g/mol. The molecule has 0 saturated carbocycles. The third-order valence-electron chi connectivity index (χ3n) is 3.32. The molecule has 0 aliphatic rings. The molecule has 1 aromatic heterocycles. The van der Waals surface area contributed by atoms with Crippen molar-refractivity contribution in [2.75, 3.05) is 0 Å². The summed E-state index contributed by atoms with van der Waals surface area (Å²) in [7, 11) is 0. The molecule has 2 aromatic rings. The van der Waals surface area contributed by atoms with Crippen LogP contribution in [0.3, 0.4) is 0 Å². The molecule has 2 rings (SSSR count). The smallest absolute Gasteiger partial charge is 0.287 e. The Morgan fingerprint density at radius 3 is 2.50 bits per heavy atom.